The Hall–Kier alpha value is -1.91. The molecule has 1 aromatic heterocycles. The van der Waals surface area contributed by atoms with Gasteiger partial charge in [-0.1, -0.05) is 0 Å². The topological polar surface area (TPSA) is 69.6 Å². The van der Waals surface area contributed by atoms with Crippen LogP contribution in [0.5, 0.6) is 0 Å². The van der Waals surface area contributed by atoms with Crippen LogP contribution in [0, 0.1) is 6.92 Å². The summed E-state index contributed by atoms with van der Waals surface area (Å²) in [6.45, 7) is 1.97. The van der Waals surface area contributed by atoms with E-state index in [1.54, 1.807) is 6.07 Å². The standard InChI is InChI=1S/C8H9N5/c1-6-2-7(9)4-8(3-6)13-11-5-10-12-13/h2-5H,9H2,1H3. The van der Waals surface area contributed by atoms with Crippen LogP contribution in [0.3, 0.4) is 0 Å². The average Bonchev–Trinajstić information content (AvgIpc) is 2.53. The Kier molecular flexibility index (Phi) is 1.70. The second-order valence-corrected chi connectivity index (χ2v) is 2.83. The van der Waals surface area contributed by atoms with Crippen LogP contribution in [-0.2, 0) is 0 Å². The summed E-state index contributed by atoms with van der Waals surface area (Å²) in [7, 11) is 0. The molecule has 5 heteroatoms. The van der Waals surface area contributed by atoms with Crippen LogP contribution in [0.25, 0.3) is 5.69 Å². The van der Waals surface area contributed by atoms with E-state index in [4.69, 9.17) is 5.73 Å². The van der Waals surface area contributed by atoms with Crippen molar-refractivity contribution in [3.05, 3.63) is 30.1 Å². The van der Waals surface area contributed by atoms with Crippen LogP contribution < -0.4 is 5.73 Å². The number of nitrogens with zero attached hydrogens (tertiary/aromatic N) is 4. The van der Waals surface area contributed by atoms with Gasteiger partial charge in [0.25, 0.3) is 0 Å². The van der Waals surface area contributed by atoms with Gasteiger partial charge in [-0.15, -0.1) is 15.0 Å². The van der Waals surface area contributed by atoms with Crippen LogP contribution >= 0.6 is 0 Å². The van der Waals surface area contributed by atoms with Gasteiger partial charge >= 0.3 is 0 Å². The fourth-order valence-electron chi connectivity index (χ4n) is 1.19. The SMILES string of the molecule is Cc1cc(N)cc(-n2ncnn2)c1. The number of tetrazole rings is 1. The Balaban J connectivity index is 2.53. The van der Waals surface area contributed by atoms with E-state index in [0.29, 0.717) is 5.69 Å². The van der Waals surface area contributed by atoms with Crippen molar-refractivity contribution >= 4 is 5.69 Å². The van der Waals surface area contributed by atoms with Gasteiger partial charge in [-0.05, 0) is 35.9 Å². The highest BCUT2D eigenvalue weighted by atomic mass is 15.6. The molecule has 0 saturated carbocycles. The molecule has 66 valence electrons. The van der Waals surface area contributed by atoms with Crippen molar-refractivity contribution in [2.45, 2.75) is 6.92 Å². The predicted octanol–water partition coefficient (Wildman–Crippen LogP) is 0.553. The molecule has 13 heavy (non-hydrogen) atoms. The molecule has 1 heterocycles. The second-order valence-electron chi connectivity index (χ2n) is 2.83. The molecule has 0 amide bonds. The van der Waals surface area contributed by atoms with Crippen molar-refractivity contribution in [1.29, 1.82) is 0 Å². The molecule has 0 fully saturated rings. The molecule has 0 bridgehead atoms. The maximum atomic E-state index is 5.68. The number of nitrogens with two attached hydrogens (primary N) is 1. The molecule has 0 aliphatic heterocycles. The predicted molar refractivity (Wildman–Crippen MR) is 48.3 cm³/mol. The first kappa shape index (κ1) is 7.72. The maximum absolute atomic E-state index is 5.68. The third kappa shape index (κ3) is 1.48. The fraction of sp³-hybridized carbons (Fsp3) is 0.125. The summed E-state index contributed by atoms with van der Waals surface area (Å²) < 4.78 is 0. The van der Waals surface area contributed by atoms with Crippen molar-refractivity contribution in [1.82, 2.24) is 20.2 Å². The van der Waals surface area contributed by atoms with Crippen LogP contribution in [0.1, 0.15) is 5.56 Å². The summed E-state index contributed by atoms with van der Waals surface area (Å²) >= 11 is 0. The molecule has 0 aliphatic carbocycles. The van der Waals surface area contributed by atoms with Crippen LogP contribution in [-0.4, -0.2) is 20.2 Å². The van der Waals surface area contributed by atoms with Gasteiger partial charge in [0.2, 0.25) is 0 Å². The highest BCUT2D eigenvalue weighted by molar-refractivity contribution is 5.49. The maximum Gasteiger partial charge on any atom is 0.162 e. The normalized spacial score (nSPS) is 10.2. The minimum absolute atomic E-state index is 0.701. The number of rotatable bonds is 1. The lowest BCUT2D eigenvalue weighted by Gasteiger charge is -2.01. The van der Waals surface area contributed by atoms with Gasteiger partial charge in [-0.25, -0.2) is 0 Å². The molecule has 1 aromatic carbocycles. The van der Waals surface area contributed by atoms with E-state index in [-0.39, 0.29) is 0 Å². The monoisotopic (exact) mass is 175 g/mol. The Morgan fingerprint density at radius 1 is 1.31 bits per heavy atom. The fourth-order valence-corrected chi connectivity index (χ4v) is 1.19. The largest absolute Gasteiger partial charge is 0.399 e. The van der Waals surface area contributed by atoms with Gasteiger partial charge in [-0.3, -0.25) is 0 Å². The quantitative estimate of drug-likeness (QED) is 0.642. The molecule has 0 aliphatic rings. The summed E-state index contributed by atoms with van der Waals surface area (Å²) in [5.41, 5.74) is 8.28. The number of aryl methyl sites for hydroxylation is 1. The van der Waals surface area contributed by atoms with Crippen LogP contribution in [0.2, 0.25) is 0 Å². The lowest BCUT2D eigenvalue weighted by molar-refractivity contribution is 0.719. The molecule has 0 spiro atoms. The van der Waals surface area contributed by atoms with Crippen LogP contribution in [0.15, 0.2) is 24.5 Å². The van der Waals surface area contributed by atoms with Crippen LogP contribution in [0.4, 0.5) is 5.69 Å². The number of benzene rings is 1. The zero-order valence-corrected chi connectivity index (χ0v) is 7.18. The highest BCUT2D eigenvalue weighted by Crippen LogP contribution is 2.12. The molecule has 2 N–H and O–H groups in total. The van der Waals surface area contributed by atoms with Crippen molar-refractivity contribution in [3.8, 4) is 5.69 Å². The highest BCUT2D eigenvalue weighted by Gasteiger charge is 1.99. The van der Waals surface area contributed by atoms with Gasteiger partial charge < -0.3 is 5.73 Å². The molecule has 0 unspecified atom stereocenters. The van der Waals surface area contributed by atoms with E-state index in [2.05, 4.69) is 15.4 Å². The van der Waals surface area contributed by atoms with Crippen molar-refractivity contribution in [2.75, 3.05) is 5.73 Å². The van der Waals surface area contributed by atoms with Gasteiger partial charge in [0.15, 0.2) is 6.33 Å². The lowest BCUT2D eigenvalue weighted by Crippen LogP contribution is -2.00. The first-order valence-electron chi connectivity index (χ1n) is 3.86. The first-order valence-corrected chi connectivity index (χ1v) is 3.86. The Bertz CT molecular complexity index is 386. The molecular weight excluding hydrogens is 166 g/mol. The summed E-state index contributed by atoms with van der Waals surface area (Å²) in [6.07, 6.45) is 1.39. The number of hydrogen-bond donors (Lipinski definition) is 1. The smallest absolute Gasteiger partial charge is 0.162 e. The molecule has 2 rings (SSSR count). The van der Waals surface area contributed by atoms with E-state index in [1.165, 1.54) is 11.1 Å². The minimum Gasteiger partial charge on any atom is -0.399 e. The lowest BCUT2D eigenvalue weighted by atomic mass is 10.2. The van der Waals surface area contributed by atoms with E-state index in [0.717, 1.165) is 11.3 Å². The Morgan fingerprint density at radius 2 is 2.15 bits per heavy atom. The van der Waals surface area contributed by atoms with Crippen molar-refractivity contribution < 1.29 is 0 Å². The van der Waals surface area contributed by atoms with E-state index in [9.17, 15) is 0 Å². The van der Waals surface area contributed by atoms with E-state index >= 15 is 0 Å². The van der Waals surface area contributed by atoms with Gasteiger partial charge in [-0.2, -0.15) is 0 Å². The zero-order chi connectivity index (χ0) is 9.26. The number of anilines is 1. The van der Waals surface area contributed by atoms with Gasteiger partial charge in [0, 0.05) is 5.69 Å². The first-order chi connectivity index (χ1) is 6.25. The molecule has 0 radical (unpaired) electrons. The molecule has 0 saturated heterocycles. The molecule has 2 aromatic rings. The number of nitrogen functional groups attached to an aromatic ring is 1. The van der Waals surface area contributed by atoms with Gasteiger partial charge in [0.05, 0.1) is 5.69 Å². The Morgan fingerprint density at radius 3 is 2.77 bits per heavy atom. The summed E-state index contributed by atoms with van der Waals surface area (Å²) in [5.74, 6) is 0. The van der Waals surface area contributed by atoms with Gasteiger partial charge in [0.1, 0.15) is 0 Å². The number of aromatic nitrogens is 4. The summed E-state index contributed by atoms with van der Waals surface area (Å²) in [6, 6.07) is 5.63. The second kappa shape index (κ2) is 2.85. The third-order valence-corrected chi connectivity index (χ3v) is 1.66. The van der Waals surface area contributed by atoms with E-state index in [1.807, 2.05) is 19.1 Å². The molecular formula is C8H9N5. The van der Waals surface area contributed by atoms with Crippen molar-refractivity contribution in [3.63, 3.8) is 0 Å². The number of hydrogen-bond acceptors (Lipinski definition) is 4. The third-order valence-electron chi connectivity index (χ3n) is 1.66. The minimum atomic E-state index is 0.701. The Labute approximate surface area is 75.2 Å². The summed E-state index contributed by atoms with van der Waals surface area (Å²) in [4.78, 5) is 1.43. The zero-order valence-electron chi connectivity index (χ0n) is 7.18. The average molecular weight is 175 g/mol. The van der Waals surface area contributed by atoms with E-state index < -0.39 is 0 Å². The summed E-state index contributed by atoms with van der Waals surface area (Å²) in [5, 5.41) is 11.3. The molecule has 5 nitrogen and oxygen atoms in total. The molecule has 0 atom stereocenters. The van der Waals surface area contributed by atoms with Crippen molar-refractivity contribution in [2.24, 2.45) is 0 Å².